The fourth-order valence-corrected chi connectivity index (χ4v) is 0.607. The number of unbranched alkanes of at least 4 members (excludes halogenated alkanes) is 1. The summed E-state index contributed by atoms with van der Waals surface area (Å²) in [6.07, 6.45) is 2.10. The number of carbonyl (C=O) groups excluding carboxylic acids is 1. The minimum atomic E-state index is -0.742. The van der Waals surface area contributed by atoms with Gasteiger partial charge < -0.3 is 11.1 Å². The van der Waals surface area contributed by atoms with Gasteiger partial charge in [0.15, 0.2) is 0 Å². The van der Waals surface area contributed by atoms with Crippen LogP contribution in [0.15, 0.2) is 0 Å². The molecule has 4 heteroatoms. The zero-order chi connectivity index (χ0) is 8.91. The summed E-state index contributed by atoms with van der Waals surface area (Å²) < 4.78 is 0. The molecule has 0 aromatic rings. The van der Waals surface area contributed by atoms with Crippen LogP contribution in [0.2, 0.25) is 0 Å². The van der Waals surface area contributed by atoms with E-state index in [2.05, 4.69) is 12.2 Å². The lowest BCUT2D eigenvalue weighted by Gasteiger charge is -2.17. The Labute approximate surface area is 80.5 Å². The summed E-state index contributed by atoms with van der Waals surface area (Å²) in [5.41, 5.74) is 4.81. The van der Waals surface area contributed by atoms with E-state index in [1.54, 1.807) is 13.8 Å². The molecule has 0 saturated carbocycles. The van der Waals surface area contributed by atoms with Gasteiger partial charge in [0.25, 0.3) is 0 Å². The minimum Gasteiger partial charge on any atom is -0.355 e. The van der Waals surface area contributed by atoms with Crippen LogP contribution >= 0.6 is 12.4 Å². The first-order valence-electron chi connectivity index (χ1n) is 4.05. The van der Waals surface area contributed by atoms with Crippen LogP contribution in [0, 0.1) is 0 Å². The Balaban J connectivity index is 0. The van der Waals surface area contributed by atoms with Crippen LogP contribution < -0.4 is 11.1 Å². The summed E-state index contributed by atoms with van der Waals surface area (Å²) in [6, 6.07) is 0. The quantitative estimate of drug-likeness (QED) is 0.658. The normalized spacial score (nSPS) is 10.3. The van der Waals surface area contributed by atoms with Gasteiger partial charge in [-0.25, -0.2) is 0 Å². The lowest BCUT2D eigenvalue weighted by atomic mass is 10.1. The topological polar surface area (TPSA) is 55.1 Å². The van der Waals surface area contributed by atoms with Crippen molar-refractivity contribution in [2.45, 2.75) is 39.2 Å². The molecule has 0 unspecified atom stereocenters. The molecule has 0 rings (SSSR count). The zero-order valence-corrected chi connectivity index (χ0v) is 8.83. The number of hydrogen-bond acceptors (Lipinski definition) is 2. The second-order valence-corrected chi connectivity index (χ2v) is 3.33. The van der Waals surface area contributed by atoms with E-state index in [0.717, 1.165) is 19.4 Å². The Morgan fingerprint density at radius 2 is 2.00 bits per heavy atom. The average molecular weight is 195 g/mol. The summed E-state index contributed by atoms with van der Waals surface area (Å²) >= 11 is 0. The first kappa shape index (κ1) is 14.3. The molecule has 0 atom stereocenters. The largest absolute Gasteiger partial charge is 0.355 e. The summed E-state index contributed by atoms with van der Waals surface area (Å²) in [5.74, 6) is -0.0778. The van der Waals surface area contributed by atoms with Gasteiger partial charge in [-0.05, 0) is 20.3 Å². The molecular weight excluding hydrogens is 176 g/mol. The highest BCUT2D eigenvalue weighted by Crippen LogP contribution is 1.95. The van der Waals surface area contributed by atoms with E-state index in [-0.39, 0.29) is 18.3 Å². The van der Waals surface area contributed by atoms with Gasteiger partial charge in [0, 0.05) is 6.54 Å². The van der Waals surface area contributed by atoms with E-state index in [0.29, 0.717) is 0 Å². The number of rotatable bonds is 4. The lowest BCUT2D eigenvalue weighted by Crippen LogP contribution is -2.49. The smallest absolute Gasteiger partial charge is 0.239 e. The fourth-order valence-electron chi connectivity index (χ4n) is 0.607. The van der Waals surface area contributed by atoms with Crippen LogP contribution in [0.25, 0.3) is 0 Å². The molecule has 0 aromatic heterocycles. The van der Waals surface area contributed by atoms with Crippen molar-refractivity contribution in [1.29, 1.82) is 0 Å². The van der Waals surface area contributed by atoms with E-state index in [1.807, 2.05) is 0 Å². The van der Waals surface area contributed by atoms with Crippen LogP contribution in [-0.4, -0.2) is 18.0 Å². The number of amides is 1. The van der Waals surface area contributed by atoms with Crippen molar-refractivity contribution in [2.24, 2.45) is 5.73 Å². The van der Waals surface area contributed by atoms with Crippen molar-refractivity contribution < 1.29 is 4.79 Å². The SMILES string of the molecule is CCCCNC(=O)C(C)(C)N.Cl. The van der Waals surface area contributed by atoms with Crippen LogP contribution in [0.4, 0.5) is 0 Å². The van der Waals surface area contributed by atoms with Crippen molar-refractivity contribution in [3.63, 3.8) is 0 Å². The van der Waals surface area contributed by atoms with Crippen LogP contribution in [0.1, 0.15) is 33.6 Å². The summed E-state index contributed by atoms with van der Waals surface area (Å²) in [7, 11) is 0. The molecule has 0 aliphatic heterocycles. The van der Waals surface area contributed by atoms with Gasteiger partial charge in [-0.15, -0.1) is 12.4 Å². The van der Waals surface area contributed by atoms with Crippen molar-refractivity contribution >= 4 is 18.3 Å². The molecule has 74 valence electrons. The van der Waals surface area contributed by atoms with E-state index in [9.17, 15) is 4.79 Å². The molecule has 12 heavy (non-hydrogen) atoms. The van der Waals surface area contributed by atoms with Crippen molar-refractivity contribution in [3.8, 4) is 0 Å². The van der Waals surface area contributed by atoms with Crippen LogP contribution in [-0.2, 0) is 4.79 Å². The Morgan fingerprint density at radius 1 is 1.50 bits per heavy atom. The van der Waals surface area contributed by atoms with Gasteiger partial charge in [0.1, 0.15) is 0 Å². The fraction of sp³-hybridized carbons (Fsp3) is 0.875. The van der Waals surface area contributed by atoms with E-state index < -0.39 is 5.54 Å². The molecule has 0 radical (unpaired) electrons. The molecule has 0 aliphatic carbocycles. The van der Waals surface area contributed by atoms with Gasteiger partial charge in [-0.2, -0.15) is 0 Å². The summed E-state index contributed by atoms with van der Waals surface area (Å²) in [6.45, 7) is 6.22. The average Bonchev–Trinajstić information content (AvgIpc) is 1.86. The summed E-state index contributed by atoms with van der Waals surface area (Å²) in [5, 5.41) is 2.76. The first-order chi connectivity index (χ1) is 4.98. The third-order valence-electron chi connectivity index (χ3n) is 1.40. The van der Waals surface area contributed by atoms with Crippen molar-refractivity contribution in [2.75, 3.05) is 6.54 Å². The zero-order valence-electron chi connectivity index (χ0n) is 8.02. The monoisotopic (exact) mass is 194 g/mol. The number of halogens is 1. The minimum absolute atomic E-state index is 0. The van der Waals surface area contributed by atoms with Gasteiger partial charge in [0.2, 0.25) is 5.91 Å². The molecule has 3 N–H and O–H groups in total. The highest BCUT2D eigenvalue weighted by Gasteiger charge is 2.20. The third kappa shape index (κ3) is 6.43. The van der Waals surface area contributed by atoms with E-state index in [1.165, 1.54) is 0 Å². The molecular formula is C8H19ClN2O. The van der Waals surface area contributed by atoms with Gasteiger partial charge in [0.05, 0.1) is 5.54 Å². The predicted octanol–water partition coefficient (Wildman–Crippen LogP) is 1.06. The maximum absolute atomic E-state index is 11.1. The molecule has 0 aliphatic rings. The molecule has 0 aromatic carbocycles. The van der Waals surface area contributed by atoms with Crippen LogP contribution in [0.3, 0.4) is 0 Å². The Kier molecular flexibility index (Phi) is 7.44. The Bertz CT molecular complexity index is 132. The molecule has 0 saturated heterocycles. The number of hydrogen-bond donors (Lipinski definition) is 2. The van der Waals surface area contributed by atoms with Gasteiger partial charge >= 0.3 is 0 Å². The maximum atomic E-state index is 11.1. The van der Waals surface area contributed by atoms with Gasteiger partial charge in [-0.1, -0.05) is 13.3 Å². The highest BCUT2D eigenvalue weighted by atomic mass is 35.5. The number of nitrogens with one attached hydrogen (secondary N) is 1. The summed E-state index contributed by atoms with van der Waals surface area (Å²) in [4.78, 5) is 11.1. The van der Waals surface area contributed by atoms with Crippen molar-refractivity contribution in [1.82, 2.24) is 5.32 Å². The molecule has 0 fully saturated rings. The van der Waals surface area contributed by atoms with E-state index in [4.69, 9.17) is 5.73 Å². The molecule has 0 spiro atoms. The number of nitrogens with two attached hydrogens (primary N) is 1. The molecule has 0 bridgehead atoms. The second-order valence-electron chi connectivity index (χ2n) is 3.33. The maximum Gasteiger partial charge on any atom is 0.239 e. The molecule has 3 nitrogen and oxygen atoms in total. The highest BCUT2D eigenvalue weighted by molar-refractivity contribution is 5.85. The van der Waals surface area contributed by atoms with E-state index >= 15 is 0 Å². The molecule has 1 amide bonds. The number of carbonyl (C=O) groups is 1. The third-order valence-corrected chi connectivity index (χ3v) is 1.40. The predicted molar refractivity (Wildman–Crippen MR) is 53.4 cm³/mol. The van der Waals surface area contributed by atoms with Gasteiger partial charge in [-0.3, -0.25) is 4.79 Å². The van der Waals surface area contributed by atoms with Crippen LogP contribution in [0.5, 0.6) is 0 Å². The molecule has 0 heterocycles. The standard InChI is InChI=1S/C8H18N2O.ClH/c1-4-5-6-10-7(11)8(2,3)9;/h4-6,9H2,1-3H3,(H,10,11);1H. The second kappa shape index (κ2) is 6.26. The first-order valence-corrected chi connectivity index (χ1v) is 4.05. The Hall–Kier alpha value is -0.280. The lowest BCUT2D eigenvalue weighted by molar-refractivity contribution is -0.125. The van der Waals surface area contributed by atoms with Crippen molar-refractivity contribution in [3.05, 3.63) is 0 Å². The Morgan fingerprint density at radius 3 is 2.33 bits per heavy atom.